The zero-order valence-corrected chi connectivity index (χ0v) is 37.9. The molecule has 4 rings (SSSR count). The Hall–Kier alpha value is -2.05. The van der Waals surface area contributed by atoms with Gasteiger partial charge in [-0.1, -0.05) is 41.5 Å². The summed E-state index contributed by atoms with van der Waals surface area (Å²) in [6, 6.07) is 26.6. The van der Waals surface area contributed by atoms with E-state index in [0.717, 1.165) is 0 Å². The van der Waals surface area contributed by atoms with Gasteiger partial charge in [0.25, 0.3) is 0 Å². The quantitative estimate of drug-likeness (QED) is 0.205. The standard InChI is InChI=1S/C37H47Si.3C3H7O.Ti/c1-25-18-26(2)20-33(19-25)38(32-16-14-13-15-17-32,37(12)24-27(3)28(4)29(37)5)34-22-30(35(6,7)8)21-31(23-34)36(9,10)11;3*1-3(2)4;/h13-23H,1-12H3;3*3H,1-2H3;/q;3*-1;+3. The Kier molecular flexibility index (Phi) is 17.3. The summed E-state index contributed by atoms with van der Waals surface area (Å²) in [5, 5.41) is 33.0. The molecule has 0 bridgehead atoms. The van der Waals surface area contributed by atoms with E-state index in [0.29, 0.717) is 0 Å². The van der Waals surface area contributed by atoms with E-state index in [1.165, 1.54) is 58.4 Å². The van der Waals surface area contributed by atoms with Crippen LogP contribution in [0.25, 0.3) is 0 Å². The number of allylic oxidation sites excluding steroid dienone is 4. The number of hydrogen-bond donors (Lipinski definition) is 0. The van der Waals surface area contributed by atoms with Crippen molar-refractivity contribution in [1.82, 2.24) is 0 Å². The average molecular weight is 745 g/mol. The molecule has 2 atom stereocenters. The summed E-state index contributed by atoms with van der Waals surface area (Å²) in [4.78, 5) is 0. The molecule has 3 nitrogen and oxygen atoms in total. The average Bonchev–Trinajstić information content (AvgIpc) is 3.11. The first kappa shape index (κ1) is 47.0. The molecule has 0 fully saturated rings. The molecule has 3 aromatic rings. The van der Waals surface area contributed by atoms with E-state index in [1.807, 2.05) is 0 Å². The third-order valence-corrected chi connectivity index (χ3v) is 16.9. The van der Waals surface area contributed by atoms with Gasteiger partial charge in [0, 0.05) is 0 Å². The van der Waals surface area contributed by atoms with Crippen LogP contribution < -0.4 is 30.9 Å². The van der Waals surface area contributed by atoms with Crippen molar-refractivity contribution in [1.29, 1.82) is 0 Å². The second kappa shape index (κ2) is 18.8. The molecule has 278 valence electrons. The van der Waals surface area contributed by atoms with Gasteiger partial charge in [-0.2, -0.15) is 0 Å². The van der Waals surface area contributed by atoms with E-state index >= 15 is 0 Å². The van der Waals surface area contributed by atoms with E-state index < -0.39 is 26.4 Å². The molecule has 0 amide bonds. The molecule has 0 aliphatic heterocycles. The maximum atomic E-state index is 9.53. The molecule has 2 unspecified atom stereocenters. The van der Waals surface area contributed by atoms with E-state index in [2.05, 4.69) is 170 Å². The predicted octanol–water partition coefficient (Wildman–Crippen LogP) is 7.57. The first-order valence-electron chi connectivity index (χ1n) is 18.5. The van der Waals surface area contributed by atoms with Crippen molar-refractivity contribution >= 4 is 23.6 Å². The van der Waals surface area contributed by atoms with Gasteiger partial charge in [0.2, 0.25) is 0 Å². The van der Waals surface area contributed by atoms with Crippen molar-refractivity contribution in [3.63, 3.8) is 0 Å². The maximum absolute atomic E-state index is 9.53. The molecule has 0 N–H and O–H groups in total. The fourth-order valence-corrected chi connectivity index (χ4v) is 14.7. The number of hydrogen-bond acceptors (Lipinski definition) is 3. The van der Waals surface area contributed by atoms with Crippen molar-refractivity contribution < 1.29 is 35.8 Å². The van der Waals surface area contributed by atoms with Gasteiger partial charge < -0.3 is 15.3 Å². The fraction of sp³-hybridized carbons (Fsp3) is 0.522. The minimum absolute atomic E-state index is 0.0491. The molecular weight excluding hydrogens is 676 g/mol. The number of aryl methyl sites for hydroxylation is 2. The summed E-state index contributed by atoms with van der Waals surface area (Å²) >= 11 is 2.42. The Bertz CT molecular complexity index is 1540. The normalized spacial score (nSPS) is 17.5. The summed E-state index contributed by atoms with van der Waals surface area (Å²) in [5.74, 6) is 0. The second-order valence-electron chi connectivity index (χ2n) is 17.3. The minimum atomic E-state index is -2.72. The van der Waals surface area contributed by atoms with Gasteiger partial charge in [0.1, 0.15) is 0 Å². The first-order valence-corrected chi connectivity index (χ1v) is 21.3. The molecule has 0 aromatic heterocycles. The Morgan fingerprint density at radius 3 is 1.22 bits per heavy atom. The molecule has 0 spiro atoms. The summed E-state index contributed by atoms with van der Waals surface area (Å²) in [6.07, 6.45) is -1.25. The van der Waals surface area contributed by atoms with Gasteiger partial charge in [-0.25, -0.2) is 0 Å². The van der Waals surface area contributed by atoms with Gasteiger partial charge >= 0.3 is 253 Å². The Morgan fingerprint density at radius 1 is 0.549 bits per heavy atom. The van der Waals surface area contributed by atoms with Crippen LogP contribution in [-0.4, -0.2) is 26.4 Å². The number of benzene rings is 3. The summed E-state index contributed by atoms with van der Waals surface area (Å²) < 4.78 is 1.53. The molecule has 0 radical (unpaired) electrons. The Balaban J connectivity index is 0.000000941. The molecule has 0 heterocycles. The fourth-order valence-electron chi connectivity index (χ4n) is 6.83. The summed E-state index contributed by atoms with van der Waals surface area (Å²) in [5.41, 5.74) is 10.1. The van der Waals surface area contributed by atoms with Crippen LogP contribution in [0, 0.1) is 13.8 Å². The van der Waals surface area contributed by atoms with Crippen molar-refractivity contribution in [2.75, 3.05) is 0 Å². The van der Waals surface area contributed by atoms with Gasteiger partial charge in [-0.15, -0.1) is 18.3 Å². The third-order valence-electron chi connectivity index (χ3n) is 9.46. The first-order chi connectivity index (χ1) is 23.1. The van der Waals surface area contributed by atoms with Crippen molar-refractivity contribution in [3.05, 3.63) is 110 Å². The van der Waals surface area contributed by atoms with Crippen molar-refractivity contribution in [3.8, 4) is 0 Å². The van der Waals surface area contributed by atoms with Gasteiger partial charge in [-0.05, 0) is 0 Å². The molecule has 1 aliphatic carbocycles. The molecule has 0 saturated heterocycles. The zero-order chi connectivity index (χ0) is 39.9. The van der Waals surface area contributed by atoms with Crippen LogP contribution in [0.1, 0.15) is 133 Å². The van der Waals surface area contributed by atoms with Crippen LogP contribution in [0.4, 0.5) is 0 Å². The van der Waals surface area contributed by atoms with E-state index in [4.69, 9.17) is 0 Å². The molecule has 51 heavy (non-hydrogen) atoms. The third kappa shape index (κ3) is 11.7. The monoisotopic (exact) mass is 744 g/mol. The van der Waals surface area contributed by atoms with Crippen LogP contribution in [-0.2, 0) is 31.3 Å². The zero-order valence-electron chi connectivity index (χ0n) is 35.3. The number of rotatable bonds is 4. The predicted molar refractivity (Wildman–Crippen MR) is 216 cm³/mol. The van der Waals surface area contributed by atoms with Gasteiger partial charge in [0.05, 0.1) is 0 Å². The van der Waals surface area contributed by atoms with Crippen LogP contribution >= 0.6 is 0 Å². The van der Waals surface area contributed by atoms with E-state index in [9.17, 15) is 15.3 Å². The molecule has 5 heteroatoms. The Labute approximate surface area is 326 Å². The molecular formula is C46H68O3SiTi. The van der Waals surface area contributed by atoms with E-state index in [-0.39, 0.29) is 15.9 Å². The summed E-state index contributed by atoms with van der Waals surface area (Å²) in [6.45, 7) is 38.1. The van der Waals surface area contributed by atoms with Crippen molar-refractivity contribution in [2.45, 2.75) is 159 Å². The molecule has 1 aliphatic rings. The van der Waals surface area contributed by atoms with Crippen LogP contribution in [0.5, 0.6) is 0 Å². The second-order valence-corrected chi connectivity index (χ2v) is 22.3. The summed E-state index contributed by atoms with van der Waals surface area (Å²) in [7, 11) is -2.72. The topological polar surface area (TPSA) is 69.2 Å². The van der Waals surface area contributed by atoms with Crippen molar-refractivity contribution in [2.24, 2.45) is 0 Å². The van der Waals surface area contributed by atoms with Gasteiger partial charge in [-0.3, -0.25) is 0 Å². The van der Waals surface area contributed by atoms with Gasteiger partial charge in [0.15, 0.2) is 0 Å². The molecule has 3 aromatic carbocycles. The molecule has 0 saturated carbocycles. The van der Waals surface area contributed by atoms with Crippen LogP contribution in [0.3, 0.4) is 0 Å². The SMILES string of the molecule is CC(C)[O-].CC(C)[O-].CC(C)[O-].CC1=C(C)C(C)([Si](c2ccccc2)(c2cc(C)cc(C)c2)c2cc(C(C)(C)C)cc(C(C)(C)C)c2)[C]([Ti+3])=C1C. The Morgan fingerprint density at radius 2 is 0.902 bits per heavy atom. The van der Waals surface area contributed by atoms with Crippen LogP contribution in [0.15, 0.2) is 87.3 Å². The van der Waals surface area contributed by atoms with Crippen LogP contribution in [0.2, 0.25) is 5.04 Å². The van der Waals surface area contributed by atoms with E-state index in [1.54, 1.807) is 41.5 Å².